The number of hydrogen-bond donors (Lipinski definition) is 0. The second-order valence-electron chi connectivity index (χ2n) is 0.677. The average Bonchev–Trinajstić information content (AvgIpc) is 1.54. The molecule has 0 aliphatic heterocycles. The lowest BCUT2D eigenvalue weighted by Crippen LogP contribution is -1.46. The van der Waals surface area contributed by atoms with Gasteiger partial charge < -0.3 is 0 Å². The van der Waals surface area contributed by atoms with Gasteiger partial charge in [-0.25, -0.2) is 0 Å². The van der Waals surface area contributed by atoms with Gasteiger partial charge in [-0.05, 0) is 69.6 Å². The first kappa shape index (κ1) is 18.5. The van der Waals surface area contributed by atoms with Crippen LogP contribution < -0.4 is 0 Å². The summed E-state index contributed by atoms with van der Waals surface area (Å²) >= 11 is 26.4. The maximum absolute atomic E-state index is 8.98. The summed E-state index contributed by atoms with van der Waals surface area (Å²) in [4.78, 5) is 26.9. The van der Waals surface area contributed by atoms with E-state index in [2.05, 4.69) is 69.6 Å². The summed E-state index contributed by atoms with van der Waals surface area (Å²) in [6.07, 6.45) is 0. The SMILES string of the molecule is O=C(Cl)Cl.O=C(Cl)Cl.O=C(Cl)Cl. The molecule has 0 fully saturated rings. The summed E-state index contributed by atoms with van der Waals surface area (Å²) in [6.45, 7) is 0. The van der Waals surface area contributed by atoms with Crippen LogP contribution in [0.25, 0.3) is 0 Å². The van der Waals surface area contributed by atoms with E-state index in [1.54, 1.807) is 0 Å². The zero-order valence-electron chi connectivity index (χ0n) is 4.99. The van der Waals surface area contributed by atoms with E-state index < -0.39 is 14.1 Å². The molecule has 0 amide bonds. The number of rotatable bonds is 0. The van der Waals surface area contributed by atoms with Gasteiger partial charge in [0, 0.05) is 0 Å². The van der Waals surface area contributed by atoms with E-state index in [4.69, 9.17) is 14.4 Å². The van der Waals surface area contributed by atoms with Gasteiger partial charge >= 0.3 is 14.1 Å². The molecule has 0 heterocycles. The molecule has 0 aliphatic carbocycles. The lowest BCUT2D eigenvalue weighted by molar-refractivity contribution is 0.274. The summed E-state index contributed by atoms with van der Waals surface area (Å²) in [5.74, 6) is 0. The summed E-state index contributed by atoms with van der Waals surface area (Å²) < 4.78 is -2.67. The van der Waals surface area contributed by atoms with E-state index in [0.717, 1.165) is 0 Å². The largest absolute Gasteiger partial charge is 0.313 e. The van der Waals surface area contributed by atoms with Crippen molar-refractivity contribution in [2.75, 3.05) is 0 Å². The maximum atomic E-state index is 8.98. The standard InChI is InChI=1S/3CCl2O/c3*2-1(3)4. The summed E-state index contributed by atoms with van der Waals surface area (Å²) in [5, 5.41) is 0. The predicted molar refractivity (Wildman–Crippen MR) is 51.3 cm³/mol. The fraction of sp³-hybridized carbons (Fsp3) is 0. The van der Waals surface area contributed by atoms with E-state index in [9.17, 15) is 0 Å². The second kappa shape index (κ2) is 14.3. The van der Waals surface area contributed by atoms with Crippen molar-refractivity contribution in [3.05, 3.63) is 0 Å². The van der Waals surface area contributed by atoms with E-state index in [-0.39, 0.29) is 0 Å². The molecule has 0 unspecified atom stereocenters. The van der Waals surface area contributed by atoms with Gasteiger partial charge in [-0.3, -0.25) is 14.4 Å². The average molecular weight is 297 g/mol. The van der Waals surface area contributed by atoms with Crippen molar-refractivity contribution in [3.8, 4) is 0 Å². The molecule has 0 atom stereocenters. The van der Waals surface area contributed by atoms with Crippen molar-refractivity contribution in [2.24, 2.45) is 0 Å². The van der Waals surface area contributed by atoms with Crippen LogP contribution in [0.3, 0.4) is 0 Å². The fourth-order valence-electron chi connectivity index (χ4n) is 0. The molecule has 0 saturated heterocycles. The Morgan fingerprint density at radius 1 is 0.500 bits per heavy atom. The molecule has 9 heteroatoms. The Bertz CT molecular complexity index is 116. The molecule has 3 nitrogen and oxygen atoms in total. The number of hydrogen-bond acceptors (Lipinski definition) is 3. The van der Waals surface area contributed by atoms with E-state index in [0.29, 0.717) is 0 Å². The van der Waals surface area contributed by atoms with Gasteiger partial charge in [0.25, 0.3) is 0 Å². The van der Waals surface area contributed by atoms with Crippen LogP contribution in [0, 0.1) is 0 Å². The number of halogens is 6. The first-order chi connectivity index (χ1) is 5.20. The van der Waals surface area contributed by atoms with Crippen LogP contribution in [-0.2, 0) is 0 Å². The van der Waals surface area contributed by atoms with Crippen molar-refractivity contribution in [3.63, 3.8) is 0 Å². The monoisotopic (exact) mass is 294 g/mol. The van der Waals surface area contributed by atoms with Gasteiger partial charge in [0.2, 0.25) is 0 Å². The molecule has 0 spiro atoms. The summed E-state index contributed by atoms with van der Waals surface area (Å²) in [6, 6.07) is 0. The lowest BCUT2D eigenvalue weighted by atomic mass is 11.8. The first-order valence-corrected chi connectivity index (χ1v) is 4.01. The summed E-state index contributed by atoms with van der Waals surface area (Å²) in [7, 11) is 0. The minimum atomic E-state index is -0.889. The van der Waals surface area contributed by atoms with Crippen LogP contribution in [0.1, 0.15) is 0 Å². The van der Waals surface area contributed by atoms with Crippen molar-refractivity contribution in [2.45, 2.75) is 0 Å². The fourth-order valence-corrected chi connectivity index (χ4v) is 0. The van der Waals surface area contributed by atoms with Gasteiger partial charge in [0.05, 0.1) is 0 Å². The third-order valence-electron chi connectivity index (χ3n) is 0. The Labute approximate surface area is 97.8 Å². The number of carbonyl (C=O) groups is 3. The van der Waals surface area contributed by atoms with Crippen LogP contribution >= 0.6 is 69.6 Å². The molecule has 12 heavy (non-hydrogen) atoms. The zero-order valence-corrected chi connectivity index (χ0v) is 9.53. The Balaban J connectivity index is -0.000000101. The van der Waals surface area contributed by atoms with Gasteiger partial charge in [0.15, 0.2) is 0 Å². The molecule has 0 aromatic heterocycles. The molecule has 0 aliphatic rings. The van der Waals surface area contributed by atoms with Crippen LogP contribution in [-0.4, -0.2) is 14.1 Å². The van der Waals surface area contributed by atoms with Gasteiger partial charge in [0.1, 0.15) is 0 Å². The van der Waals surface area contributed by atoms with E-state index in [1.165, 1.54) is 0 Å². The summed E-state index contributed by atoms with van der Waals surface area (Å²) in [5.41, 5.74) is 0. The van der Waals surface area contributed by atoms with Crippen molar-refractivity contribution in [1.29, 1.82) is 0 Å². The predicted octanol–water partition coefficient (Wildman–Crippen LogP) is 4.75. The van der Waals surface area contributed by atoms with Crippen LogP contribution in [0.15, 0.2) is 0 Å². The smallest absolute Gasteiger partial charge is 0.262 e. The van der Waals surface area contributed by atoms with Crippen LogP contribution in [0.4, 0.5) is 14.4 Å². The van der Waals surface area contributed by atoms with Crippen molar-refractivity contribution >= 4 is 83.7 Å². The zero-order chi connectivity index (χ0) is 10.7. The topological polar surface area (TPSA) is 51.2 Å². The Kier molecular flexibility index (Phi) is 22.0. The van der Waals surface area contributed by atoms with Crippen molar-refractivity contribution in [1.82, 2.24) is 0 Å². The lowest BCUT2D eigenvalue weighted by Gasteiger charge is -1.48. The Morgan fingerprint density at radius 3 is 0.500 bits per heavy atom. The minimum Gasteiger partial charge on any atom is -0.262 e. The molecule has 0 bridgehead atoms. The highest BCUT2D eigenvalue weighted by molar-refractivity contribution is 6.94. The van der Waals surface area contributed by atoms with Gasteiger partial charge in [-0.15, -0.1) is 0 Å². The quantitative estimate of drug-likeness (QED) is 0.606. The first-order valence-electron chi connectivity index (χ1n) is 1.75. The second-order valence-corrected chi connectivity index (χ2v) is 3.32. The molecule has 0 N–H and O–H groups in total. The van der Waals surface area contributed by atoms with Crippen molar-refractivity contribution < 1.29 is 14.4 Å². The normalized spacial score (nSPS) is 6.50. The maximum Gasteiger partial charge on any atom is 0.313 e. The minimum absolute atomic E-state index is 0.889. The Hall–Kier alpha value is 0.750. The Morgan fingerprint density at radius 2 is 0.500 bits per heavy atom. The molecule has 72 valence electrons. The molecule has 0 aromatic rings. The van der Waals surface area contributed by atoms with Crippen LogP contribution in [0.5, 0.6) is 0 Å². The highest BCUT2D eigenvalue weighted by Crippen LogP contribution is 1.84. The molecular formula is C3Cl6O3. The molecule has 0 radical (unpaired) electrons. The molecule has 0 rings (SSSR count). The van der Waals surface area contributed by atoms with Crippen LogP contribution in [0.2, 0.25) is 0 Å². The van der Waals surface area contributed by atoms with Gasteiger partial charge in [-0.1, -0.05) is 0 Å². The van der Waals surface area contributed by atoms with E-state index in [1.807, 2.05) is 0 Å². The number of carbonyl (C=O) groups excluding carboxylic acids is 3. The molecule has 0 saturated carbocycles. The molecular weight excluding hydrogens is 297 g/mol. The highest BCUT2D eigenvalue weighted by Gasteiger charge is 1.72. The highest BCUT2D eigenvalue weighted by atomic mass is 35.5. The third kappa shape index (κ3) is 1820. The van der Waals surface area contributed by atoms with E-state index >= 15 is 0 Å². The van der Waals surface area contributed by atoms with Gasteiger partial charge in [-0.2, -0.15) is 0 Å². The molecule has 0 aromatic carbocycles. The third-order valence-corrected chi connectivity index (χ3v) is 0.